The first-order valence-corrected chi connectivity index (χ1v) is 3.40. The first-order chi connectivity index (χ1) is 4.88. The molecule has 1 nitrogen and oxygen atoms in total. The van der Waals surface area contributed by atoms with E-state index in [0.717, 1.165) is 0 Å². The molecule has 1 aromatic heterocycles. The van der Waals surface area contributed by atoms with Crippen molar-refractivity contribution in [2.24, 2.45) is 0 Å². The van der Waals surface area contributed by atoms with Crippen molar-refractivity contribution >= 4 is 24.2 Å². The minimum absolute atomic E-state index is 1.22. The number of hydrogen-bond acceptors (Lipinski definition) is 0. The molecule has 10 heavy (non-hydrogen) atoms. The molecule has 0 bridgehead atoms. The third-order valence-corrected chi connectivity index (χ3v) is 1.81. The first kappa shape index (κ1) is 5.60. The van der Waals surface area contributed by atoms with Crippen LogP contribution in [0.5, 0.6) is 0 Å². The second-order valence-corrected chi connectivity index (χ2v) is 2.51. The molecule has 0 saturated heterocycles. The van der Waals surface area contributed by atoms with Gasteiger partial charge in [-0.2, -0.15) is 0 Å². The molecule has 0 amide bonds. The van der Waals surface area contributed by atoms with Gasteiger partial charge in [0.15, 0.2) is 0 Å². The molecule has 0 fully saturated rings. The van der Waals surface area contributed by atoms with Crippen LogP contribution >= 0.6 is 0 Å². The number of benzene rings is 1. The summed E-state index contributed by atoms with van der Waals surface area (Å²) >= 11 is 0. The van der Waals surface area contributed by atoms with Crippen LogP contribution < -0.4 is 5.46 Å². The second-order valence-electron chi connectivity index (χ2n) is 2.51. The number of aromatic amines is 1. The smallest absolute Gasteiger partial charge is 0.140 e. The third kappa shape index (κ3) is 0.653. The van der Waals surface area contributed by atoms with E-state index < -0.39 is 0 Å². The van der Waals surface area contributed by atoms with Gasteiger partial charge in [-0.05, 0) is 17.5 Å². The molecular weight excluding hydrogens is 121 g/mol. The van der Waals surface area contributed by atoms with Crippen LogP contribution in [0.25, 0.3) is 10.9 Å². The summed E-state index contributed by atoms with van der Waals surface area (Å²) in [6.07, 6.45) is 1.97. The minimum atomic E-state index is 1.22. The van der Waals surface area contributed by atoms with Crippen molar-refractivity contribution in [3.05, 3.63) is 30.5 Å². The van der Waals surface area contributed by atoms with Gasteiger partial charge in [-0.15, -0.1) is 0 Å². The molecule has 1 N–H and O–H groups in total. The SMILES string of the molecule is Bc1cccc2[nH]ccc12. The summed E-state index contributed by atoms with van der Waals surface area (Å²) in [7, 11) is 2.12. The van der Waals surface area contributed by atoms with Crippen molar-refractivity contribution in [3.63, 3.8) is 0 Å². The normalized spacial score (nSPS) is 10.4. The maximum Gasteiger partial charge on any atom is 0.140 e. The highest BCUT2D eigenvalue weighted by molar-refractivity contribution is 6.38. The highest BCUT2D eigenvalue weighted by Gasteiger charge is 1.93. The lowest BCUT2D eigenvalue weighted by molar-refractivity contribution is 1.48. The summed E-state index contributed by atoms with van der Waals surface area (Å²) < 4.78 is 0. The highest BCUT2D eigenvalue weighted by atomic mass is 14.7. The van der Waals surface area contributed by atoms with Crippen molar-refractivity contribution in [2.45, 2.75) is 0 Å². The lowest BCUT2D eigenvalue weighted by Crippen LogP contribution is -2.00. The molecule has 2 rings (SSSR count). The Labute approximate surface area is 60.5 Å². The van der Waals surface area contributed by atoms with Gasteiger partial charge in [-0.25, -0.2) is 0 Å². The number of nitrogens with one attached hydrogen (secondary N) is 1. The molecule has 0 aliphatic heterocycles. The van der Waals surface area contributed by atoms with E-state index in [1.54, 1.807) is 0 Å². The van der Waals surface area contributed by atoms with Crippen LogP contribution in [0.1, 0.15) is 0 Å². The molecule has 0 spiro atoms. The Morgan fingerprint density at radius 1 is 1.20 bits per heavy atom. The molecule has 0 radical (unpaired) electrons. The average Bonchev–Trinajstić information content (AvgIpc) is 2.36. The van der Waals surface area contributed by atoms with Gasteiger partial charge >= 0.3 is 0 Å². The number of rotatable bonds is 0. The Morgan fingerprint density at radius 2 is 2.10 bits per heavy atom. The van der Waals surface area contributed by atoms with Crippen molar-refractivity contribution in [1.82, 2.24) is 4.98 Å². The summed E-state index contributed by atoms with van der Waals surface area (Å²) in [5, 5.41) is 1.32. The Bertz CT molecular complexity index is 351. The lowest BCUT2D eigenvalue weighted by Gasteiger charge is -1.92. The standard InChI is InChI=1S/C8H8BN/c9-7-2-1-3-8-6(7)4-5-10-8/h1-5,10H,9H2. The van der Waals surface area contributed by atoms with Crippen LogP contribution in [0.2, 0.25) is 0 Å². The van der Waals surface area contributed by atoms with E-state index in [-0.39, 0.29) is 0 Å². The number of H-pyrrole nitrogens is 1. The van der Waals surface area contributed by atoms with Gasteiger partial charge in [-0.1, -0.05) is 17.6 Å². The fourth-order valence-electron chi connectivity index (χ4n) is 1.24. The second kappa shape index (κ2) is 1.91. The largest absolute Gasteiger partial charge is 0.361 e. The van der Waals surface area contributed by atoms with Gasteiger partial charge in [-0.3, -0.25) is 0 Å². The fraction of sp³-hybridized carbons (Fsp3) is 0. The van der Waals surface area contributed by atoms with Crippen LogP contribution in [-0.4, -0.2) is 12.8 Å². The molecule has 2 heteroatoms. The van der Waals surface area contributed by atoms with E-state index in [4.69, 9.17) is 0 Å². The van der Waals surface area contributed by atoms with Crippen LogP contribution in [0.3, 0.4) is 0 Å². The molecule has 0 aliphatic carbocycles. The number of hydrogen-bond donors (Lipinski definition) is 1. The molecule has 48 valence electrons. The summed E-state index contributed by atoms with van der Waals surface area (Å²) in [6.45, 7) is 0. The van der Waals surface area contributed by atoms with Gasteiger partial charge in [0.25, 0.3) is 0 Å². The van der Waals surface area contributed by atoms with Crippen molar-refractivity contribution < 1.29 is 0 Å². The minimum Gasteiger partial charge on any atom is -0.361 e. The van der Waals surface area contributed by atoms with Crippen molar-refractivity contribution in [2.75, 3.05) is 0 Å². The summed E-state index contributed by atoms with van der Waals surface area (Å²) in [5.74, 6) is 0. The Morgan fingerprint density at radius 3 is 2.90 bits per heavy atom. The van der Waals surface area contributed by atoms with E-state index in [0.29, 0.717) is 0 Å². The van der Waals surface area contributed by atoms with Crippen LogP contribution in [0, 0.1) is 0 Å². The Balaban J connectivity index is 2.95. The quantitative estimate of drug-likeness (QED) is 0.496. The topological polar surface area (TPSA) is 15.8 Å². The molecule has 0 saturated carbocycles. The van der Waals surface area contributed by atoms with Crippen LogP contribution in [0.4, 0.5) is 0 Å². The molecule has 0 atom stereocenters. The first-order valence-electron chi connectivity index (χ1n) is 3.40. The van der Waals surface area contributed by atoms with Gasteiger partial charge in [0.2, 0.25) is 0 Å². The Kier molecular flexibility index (Phi) is 1.07. The van der Waals surface area contributed by atoms with E-state index in [1.165, 1.54) is 16.4 Å². The van der Waals surface area contributed by atoms with Gasteiger partial charge in [0.05, 0.1) is 0 Å². The average molecular weight is 129 g/mol. The fourth-order valence-corrected chi connectivity index (χ4v) is 1.24. The van der Waals surface area contributed by atoms with Gasteiger partial charge in [0.1, 0.15) is 7.85 Å². The summed E-state index contributed by atoms with van der Waals surface area (Å²) in [6, 6.07) is 8.37. The molecular formula is C8H8BN. The maximum absolute atomic E-state index is 3.16. The molecule has 0 unspecified atom stereocenters. The monoisotopic (exact) mass is 129 g/mol. The summed E-state index contributed by atoms with van der Waals surface area (Å²) in [4.78, 5) is 3.16. The third-order valence-electron chi connectivity index (χ3n) is 1.81. The summed E-state index contributed by atoms with van der Waals surface area (Å²) in [5.41, 5.74) is 2.55. The molecule has 1 heterocycles. The number of fused-ring (bicyclic) bond motifs is 1. The maximum atomic E-state index is 3.16. The van der Waals surface area contributed by atoms with Crippen molar-refractivity contribution in [3.8, 4) is 0 Å². The van der Waals surface area contributed by atoms with Crippen LogP contribution in [0.15, 0.2) is 30.5 Å². The molecule has 1 aromatic carbocycles. The van der Waals surface area contributed by atoms with Crippen LogP contribution in [-0.2, 0) is 0 Å². The highest BCUT2D eigenvalue weighted by Crippen LogP contribution is 2.06. The lowest BCUT2D eigenvalue weighted by atomic mass is 9.93. The van der Waals surface area contributed by atoms with E-state index in [2.05, 4.69) is 37.1 Å². The molecule has 0 aliphatic rings. The molecule has 2 aromatic rings. The van der Waals surface area contributed by atoms with Gasteiger partial charge in [0, 0.05) is 11.7 Å². The zero-order valence-corrected chi connectivity index (χ0v) is 5.89. The van der Waals surface area contributed by atoms with E-state index >= 15 is 0 Å². The predicted molar refractivity (Wildman–Crippen MR) is 46.5 cm³/mol. The Hall–Kier alpha value is -1.18. The van der Waals surface area contributed by atoms with E-state index in [9.17, 15) is 0 Å². The predicted octanol–water partition coefficient (Wildman–Crippen LogP) is 0.426. The zero-order chi connectivity index (χ0) is 6.97. The van der Waals surface area contributed by atoms with Crippen molar-refractivity contribution in [1.29, 1.82) is 0 Å². The van der Waals surface area contributed by atoms with Gasteiger partial charge < -0.3 is 4.98 Å². The zero-order valence-electron chi connectivity index (χ0n) is 5.89. The van der Waals surface area contributed by atoms with E-state index in [1.807, 2.05) is 6.20 Å². The number of aromatic nitrogens is 1.